The predicted molar refractivity (Wildman–Crippen MR) is 89.3 cm³/mol. The van der Waals surface area contributed by atoms with E-state index in [0.717, 1.165) is 16.7 Å². The third kappa shape index (κ3) is 3.55. The van der Waals surface area contributed by atoms with Gasteiger partial charge in [-0.05, 0) is 24.1 Å². The number of amides is 1. The average molecular weight is 320 g/mol. The van der Waals surface area contributed by atoms with Crippen LogP contribution in [0.3, 0.4) is 0 Å². The number of pyridine rings is 1. The van der Waals surface area contributed by atoms with Gasteiger partial charge in [0, 0.05) is 24.2 Å². The average Bonchev–Trinajstić information content (AvgIpc) is 2.62. The lowest BCUT2D eigenvalue weighted by molar-refractivity contribution is 0.0939. The second kappa shape index (κ2) is 6.87. The van der Waals surface area contributed by atoms with Crippen molar-refractivity contribution in [1.82, 2.24) is 20.3 Å². The fourth-order valence-electron chi connectivity index (χ4n) is 2.33. The zero-order chi connectivity index (χ0) is 16.9. The number of aromatic hydroxyl groups is 1. The summed E-state index contributed by atoms with van der Waals surface area (Å²) in [7, 11) is 0. The van der Waals surface area contributed by atoms with Crippen LogP contribution in [0.5, 0.6) is 5.75 Å². The van der Waals surface area contributed by atoms with E-state index in [9.17, 15) is 9.90 Å². The van der Waals surface area contributed by atoms with E-state index in [-0.39, 0.29) is 17.7 Å². The smallest absolute Gasteiger partial charge is 0.253 e. The van der Waals surface area contributed by atoms with Crippen molar-refractivity contribution < 1.29 is 9.90 Å². The van der Waals surface area contributed by atoms with Gasteiger partial charge in [-0.2, -0.15) is 0 Å². The quantitative estimate of drug-likeness (QED) is 0.771. The summed E-state index contributed by atoms with van der Waals surface area (Å²) >= 11 is 0. The molecule has 1 amide bonds. The first kappa shape index (κ1) is 15.6. The minimum Gasteiger partial charge on any atom is -0.506 e. The molecule has 2 heterocycles. The Morgan fingerprint density at radius 2 is 1.71 bits per heavy atom. The molecule has 0 spiro atoms. The van der Waals surface area contributed by atoms with Gasteiger partial charge in [-0.1, -0.05) is 24.3 Å². The fraction of sp³-hybridized carbons (Fsp3) is 0.111. The molecule has 24 heavy (non-hydrogen) atoms. The van der Waals surface area contributed by atoms with Crippen molar-refractivity contribution in [1.29, 1.82) is 0 Å². The number of aromatic nitrogens is 3. The first-order chi connectivity index (χ1) is 11.6. The van der Waals surface area contributed by atoms with E-state index in [4.69, 9.17) is 0 Å². The van der Waals surface area contributed by atoms with Crippen LogP contribution in [0.25, 0.3) is 11.1 Å². The first-order valence-corrected chi connectivity index (χ1v) is 7.44. The van der Waals surface area contributed by atoms with Gasteiger partial charge in [0.2, 0.25) is 0 Å². The highest BCUT2D eigenvalue weighted by molar-refractivity contribution is 5.94. The van der Waals surface area contributed by atoms with Crippen LogP contribution >= 0.6 is 0 Å². The van der Waals surface area contributed by atoms with Gasteiger partial charge in [-0.3, -0.25) is 9.78 Å². The predicted octanol–water partition coefficient (Wildman–Crippen LogP) is 2.74. The van der Waals surface area contributed by atoms with Crippen molar-refractivity contribution in [3.63, 3.8) is 0 Å². The molecule has 3 rings (SSSR count). The molecule has 6 nitrogen and oxygen atoms in total. The first-order valence-electron chi connectivity index (χ1n) is 7.44. The molecule has 0 aliphatic heterocycles. The standard InChI is InChI=1S/C18H16N4O2/c1-12(22-18(24)15-6-17(23)10-19-7-15)13-2-4-14(5-3-13)16-8-20-11-21-9-16/h2-12,23H,1H3,(H,22,24). The van der Waals surface area contributed by atoms with Crippen molar-refractivity contribution in [3.8, 4) is 16.9 Å². The van der Waals surface area contributed by atoms with Crippen LogP contribution < -0.4 is 5.32 Å². The molecule has 120 valence electrons. The summed E-state index contributed by atoms with van der Waals surface area (Å²) in [6.07, 6.45) is 7.70. The highest BCUT2D eigenvalue weighted by Gasteiger charge is 2.12. The van der Waals surface area contributed by atoms with Gasteiger partial charge >= 0.3 is 0 Å². The second-order valence-corrected chi connectivity index (χ2v) is 5.38. The Hall–Kier alpha value is -3.28. The number of benzene rings is 1. The Kier molecular flexibility index (Phi) is 4.47. The van der Waals surface area contributed by atoms with Crippen molar-refractivity contribution in [2.24, 2.45) is 0 Å². The number of rotatable bonds is 4. The van der Waals surface area contributed by atoms with E-state index in [2.05, 4.69) is 20.3 Å². The summed E-state index contributed by atoms with van der Waals surface area (Å²) in [4.78, 5) is 24.0. The third-order valence-corrected chi connectivity index (χ3v) is 3.64. The summed E-state index contributed by atoms with van der Waals surface area (Å²) in [5, 5.41) is 12.3. The lowest BCUT2D eigenvalue weighted by Crippen LogP contribution is -2.26. The lowest BCUT2D eigenvalue weighted by atomic mass is 10.0. The van der Waals surface area contributed by atoms with Crippen LogP contribution in [0.4, 0.5) is 0 Å². The number of nitrogens with zero attached hydrogens (tertiary/aromatic N) is 3. The maximum atomic E-state index is 12.2. The van der Waals surface area contributed by atoms with Gasteiger partial charge in [0.1, 0.15) is 12.1 Å². The third-order valence-electron chi connectivity index (χ3n) is 3.64. The monoisotopic (exact) mass is 320 g/mol. The Bertz CT molecular complexity index is 835. The van der Waals surface area contributed by atoms with E-state index in [1.807, 2.05) is 31.2 Å². The molecule has 0 saturated heterocycles. The molecule has 0 radical (unpaired) electrons. The molecule has 0 aliphatic rings. The topological polar surface area (TPSA) is 88.0 Å². The molecule has 2 N–H and O–H groups in total. The molecular weight excluding hydrogens is 304 g/mol. The van der Waals surface area contributed by atoms with E-state index in [1.165, 1.54) is 24.8 Å². The SMILES string of the molecule is CC(NC(=O)c1cncc(O)c1)c1ccc(-c2cncnc2)cc1. The van der Waals surface area contributed by atoms with Gasteiger partial charge in [0.05, 0.1) is 17.8 Å². The lowest BCUT2D eigenvalue weighted by Gasteiger charge is -2.15. The van der Waals surface area contributed by atoms with E-state index < -0.39 is 0 Å². The van der Waals surface area contributed by atoms with Crippen LogP contribution in [-0.4, -0.2) is 26.0 Å². The molecule has 2 aromatic heterocycles. The Balaban J connectivity index is 1.71. The van der Waals surface area contributed by atoms with Crippen LogP contribution in [0.2, 0.25) is 0 Å². The van der Waals surface area contributed by atoms with Gasteiger partial charge < -0.3 is 10.4 Å². The van der Waals surface area contributed by atoms with Gasteiger partial charge in [0.15, 0.2) is 0 Å². The van der Waals surface area contributed by atoms with Gasteiger partial charge in [-0.25, -0.2) is 9.97 Å². The van der Waals surface area contributed by atoms with Crippen LogP contribution in [0.15, 0.2) is 61.4 Å². The molecule has 0 saturated carbocycles. The Morgan fingerprint density at radius 1 is 1.00 bits per heavy atom. The number of carbonyl (C=O) groups is 1. The zero-order valence-electron chi connectivity index (χ0n) is 13.0. The molecule has 0 aliphatic carbocycles. The molecular formula is C18H16N4O2. The van der Waals surface area contributed by atoms with Crippen LogP contribution in [-0.2, 0) is 0 Å². The van der Waals surface area contributed by atoms with Crippen LogP contribution in [0.1, 0.15) is 28.9 Å². The van der Waals surface area contributed by atoms with Crippen molar-refractivity contribution in [2.45, 2.75) is 13.0 Å². The highest BCUT2D eigenvalue weighted by atomic mass is 16.3. The summed E-state index contributed by atoms with van der Waals surface area (Å²) in [6.45, 7) is 1.90. The molecule has 0 fully saturated rings. The molecule has 1 atom stereocenters. The Morgan fingerprint density at radius 3 is 2.38 bits per heavy atom. The largest absolute Gasteiger partial charge is 0.506 e. The minimum atomic E-state index is -0.286. The minimum absolute atomic E-state index is 0.0373. The molecule has 1 unspecified atom stereocenters. The normalized spacial score (nSPS) is 11.7. The molecule has 3 aromatic rings. The molecule has 6 heteroatoms. The van der Waals surface area contributed by atoms with Crippen molar-refractivity contribution in [3.05, 3.63) is 72.6 Å². The number of carbonyl (C=O) groups excluding carboxylic acids is 1. The van der Waals surface area contributed by atoms with Crippen molar-refractivity contribution in [2.75, 3.05) is 0 Å². The van der Waals surface area contributed by atoms with E-state index in [0.29, 0.717) is 5.56 Å². The van der Waals surface area contributed by atoms with E-state index >= 15 is 0 Å². The summed E-state index contributed by atoms with van der Waals surface area (Å²) < 4.78 is 0. The highest BCUT2D eigenvalue weighted by Crippen LogP contribution is 2.21. The number of hydrogen-bond donors (Lipinski definition) is 2. The zero-order valence-corrected chi connectivity index (χ0v) is 13.0. The fourth-order valence-corrected chi connectivity index (χ4v) is 2.33. The van der Waals surface area contributed by atoms with Crippen LogP contribution in [0, 0.1) is 0 Å². The van der Waals surface area contributed by atoms with Gasteiger partial charge in [0.25, 0.3) is 5.91 Å². The van der Waals surface area contributed by atoms with E-state index in [1.54, 1.807) is 12.4 Å². The molecule has 0 bridgehead atoms. The maximum Gasteiger partial charge on any atom is 0.253 e. The van der Waals surface area contributed by atoms with Crippen molar-refractivity contribution >= 4 is 5.91 Å². The number of hydrogen-bond acceptors (Lipinski definition) is 5. The summed E-state index contributed by atoms with van der Waals surface area (Å²) in [6, 6.07) is 9.04. The second-order valence-electron chi connectivity index (χ2n) is 5.38. The maximum absolute atomic E-state index is 12.2. The Labute approximate surface area is 139 Å². The summed E-state index contributed by atoms with van der Waals surface area (Å²) in [5.74, 6) is -0.323. The molecule has 1 aromatic carbocycles. The number of nitrogens with one attached hydrogen (secondary N) is 1. The summed E-state index contributed by atoms with van der Waals surface area (Å²) in [5.41, 5.74) is 3.23. The van der Waals surface area contributed by atoms with Gasteiger partial charge in [-0.15, -0.1) is 0 Å².